The summed E-state index contributed by atoms with van der Waals surface area (Å²) in [5.74, 6) is 2.84. The van der Waals surface area contributed by atoms with Gasteiger partial charge in [-0.25, -0.2) is 0 Å². The number of pyridine rings is 1. The summed E-state index contributed by atoms with van der Waals surface area (Å²) in [5.41, 5.74) is 2.08. The molecule has 2 aliphatic rings. The molecule has 0 bridgehead atoms. The topological polar surface area (TPSA) is 75.8 Å². The maximum atomic E-state index is 6.49. The predicted octanol–water partition coefficient (Wildman–Crippen LogP) is 3.66. The number of aryl methyl sites for hydroxylation is 1. The Bertz CT molecular complexity index is 1070. The van der Waals surface area contributed by atoms with E-state index in [0.29, 0.717) is 0 Å². The Labute approximate surface area is 182 Å². The molecule has 31 heavy (non-hydrogen) atoms. The second kappa shape index (κ2) is 8.57. The number of nitrogens with zero attached hydrogens (tertiary/aromatic N) is 4. The van der Waals surface area contributed by atoms with Crippen LogP contribution in [0.2, 0.25) is 0 Å². The van der Waals surface area contributed by atoms with Crippen LogP contribution in [-0.4, -0.2) is 39.8 Å². The number of fused-ring (bicyclic) bond motifs is 2. The van der Waals surface area contributed by atoms with Crippen molar-refractivity contribution in [1.82, 2.24) is 25.2 Å². The number of ether oxygens (including phenoxy) is 1. The highest BCUT2D eigenvalue weighted by Gasteiger charge is 2.43. The number of rotatable bonds is 5. The molecule has 1 aliphatic heterocycles. The molecule has 1 fully saturated rings. The highest BCUT2D eigenvalue weighted by atomic mass is 16.5. The molecule has 7 nitrogen and oxygen atoms in total. The largest absolute Gasteiger partial charge is 0.487 e. The number of guanidine groups is 1. The SMILES string of the molecule is CN=C(NCCCc1nnc2ccccn12)NC1CC2(CCCC2)Oc2ccccc21. The summed E-state index contributed by atoms with van der Waals surface area (Å²) < 4.78 is 8.53. The van der Waals surface area contributed by atoms with Gasteiger partial charge in [-0.3, -0.25) is 9.39 Å². The fraction of sp³-hybridized carbons (Fsp3) is 0.458. The van der Waals surface area contributed by atoms with Crippen LogP contribution in [0.3, 0.4) is 0 Å². The van der Waals surface area contributed by atoms with Crippen molar-refractivity contribution < 1.29 is 4.74 Å². The number of hydrogen-bond acceptors (Lipinski definition) is 4. The van der Waals surface area contributed by atoms with E-state index in [1.165, 1.54) is 18.4 Å². The van der Waals surface area contributed by atoms with E-state index < -0.39 is 0 Å². The first-order valence-electron chi connectivity index (χ1n) is 11.3. The molecule has 1 aromatic carbocycles. The molecule has 0 amide bonds. The van der Waals surface area contributed by atoms with Crippen molar-refractivity contribution in [2.45, 2.75) is 56.6 Å². The standard InChI is InChI=1S/C24H30N6O/c1-25-23(26-15-8-12-22-29-28-21-11-4-7-16-30(21)22)27-19-17-24(13-5-6-14-24)31-20-10-3-2-9-18(19)20/h2-4,7,9-11,16,19H,5-6,8,12-15,17H2,1H3,(H2,25,26,27). The second-order valence-electron chi connectivity index (χ2n) is 8.58. The maximum absolute atomic E-state index is 6.49. The van der Waals surface area contributed by atoms with Gasteiger partial charge in [0.2, 0.25) is 0 Å². The number of para-hydroxylation sites is 1. The lowest BCUT2D eigenvalue weighted by Crippen LogP contribution is -2.46. The average molecular weight is 419 g/mol. The quantitative estimate of drug-likeness (QED) is 0.376. The first-order valence-corrected chi connectivity index (χ1v) is 11.3. The predicted molar refractivity (Wildman–Crippen MR) is 121 cm³/mol. The second-order valence-corrected chi connectivity index (χ2v) is 8.58. The normalized spacial score (nSPS) is 19.9. The van der Waals surface area contributed by atoms with Gasteiger partial charge in [-0.1, -0.05) is 24.3 Å². The smallest absolute Gasteiger partial charge is 0.191 e. The van der Waals surface area contributed by atoms with E-state index in [0.717, 1.165) is 61.8 Å². The van der Waals surface area contributed by atoms with Crippen LogP contribution in [0.25, 0.3) is 5.65 Å². The third-order valence-corrected chi connectivity index (χ3v) is 6.50. The monoisotopic (exact) mass is 418 g/mol. The third kappa shape index (κ3) is 4.09. The number of aliphatic imine (C=N–C) groups is 1. The molecule has 3 aromatic rings. The van der Waals surface area contributed by atoms with Crippen LogP contribution in [0.4, 0.5) is 0 Å². The van der Waals surface area contributed by atoms with E-state index in [1.54, 1.807) is 0 Å². The van der Waals surface area contributed by atoms with E-state index >= 15 is 0 Å². The van der Waals surface area contributed by atoms with Crippen molar-refractivity contribution in [1.29, 1.82) is 0 Å². The molecule has 1 atom stereocenters. The molecule has 2 N–H and O–H groups in total. The van der Waals surface area contributed by atoms with Crippen LogP contribution in [0, 0.1) is 0 Å². The van der Waals surface area contributed by atoms with Gasteiger partial charge in [0.25, 0.3) is 0 Å². The Morgan fingerprint density at radius 2 is 2.00 bits per heavy atom. The lowest BCUT2D eigenvalue weighted by molar-refractivity contribution is 0.0396. The average Bonchev–Trinajstić information content (AvgIpc) is 3.43. The zero-order valence-electron chi connectivity index (χ0n) is 18.1. The van der Waals surface area contributed by atoms with E-state index in [-0.39, 0.29) is 11.6 Å². The third-order valence-electron chi connectivity index (χ3n) is 6.50. The van der Waals surface area contributed by atoms with Gasteiger partial charge >= 0.3 is 0 Å². The van der Waals surface area contributed by atoms with Crippen molar-refractivity contribution in [3.05, 3.63) is 60.0 Å². The van der Waals surface area contributed by atoms with Crippen LogP contribution < -0.4 is 15.4 Å². The summed E-state index contributed by atoms with van der Waals surface area (Å²) in [5, 5.41) is 15.7. The van der Waals surface area contributed by atoms with Crippen LogP contribution in [0.15, 0.2) is 53.7 Å². The Morgan fingerprint density at radius 1 is 1.16 bits per heavy atom. The van der Waals surface area contributed by atoms with E-state index in [4.69, 9.17) is 4.74 Å². The molecule has 1 aliphatic carbocycles. The lowest BCUT2D eigenvalue weighted by atomic mass is 9.86. The molecule has 2 aromatic heterocycles. The molecular weight excluding hydrogens is 388 g/mol. The number of aromatic nitrogens is 3. The molecule has 162 valence electrons. The summed E-state index contributed by atoms with van der Waals surface area (Å²) in [6, 6.07) is 14.6. The minimum Gasteiger partial charge on any atom is -0.487 e. The van der Waals surface area contributed by atoms with Gasteiger partial charge in [-0.05, 0) is 50.3 Å². The van der Waals surface area contributed by atoms with Gasteiger partial charge in [0, 0.05) is 38.2 Å². The summed E-state index contributed by atoms with van der Waals surface area (Å²) in [6.45, 7) is 0.817. The summed E-state index contributed by atoms with van der Waals surface area (Å²) in [4.78, 5) is 4.48. The Hall–Kier alpha value is -3.09. The van der Waals surface area contributed by atoms with Crippen LogP contribution in [0.5, 0.6) is 5.75 Å². The number of hydrogen-bond donors (Lipinski definition) is 2. The maximum Gasteiger partial charge on any atom is 0.191 e. The summed E-state index contributed by atoms with van der Waals surface area (Å²) >= 11 is 0. The van der Waals surface area contributed by atoms with Gasteiger partial charge in [0.05, 0.1) is 6.04 Å². The lowest BCUT2D eigenvalue weighted by Gasteiger charge is -2.40. The number of benzene rings is 1. The highest BCUT2D eigenvalue weighted by molar-refractivity contribution is 5.80. The molecule has 5 rings (SSSR count). The molecule has 1 unspecified atom stereocenters. The Kier molecular flexibility index (Phi) is 5.49. The van der Waals surface area contributed by atoms with Crippen molar-refractivity contribution in [3.8, 4) is 5.75 Å². The summed E-state index contributed by atoms with van der Waals surface area (Å²) in [6.07, 6.45) is 9.58. The zero-order chi connectivity index (χ0) is 21.1. The van der Waals surface area contributed by atoms with Gasteiger partial charge in [0.1, 0.15) is 17.2 Å². The van der Waals surface area contributed by atoms with Crippen molar-refractivity contribution in [2.75, 3.05) is 13.6 Å². The molecule has 7 heteroatoms. The van der Waals surface area contributed by atoms with E-state index in [9.17, 15) is 0 Å². The molecule has 3 heterocycles. The number of nitrogens with one attached hydrogen (secondary N) is 2. The van der Waals surface area contributed by atoms with E-state index in [1.807, 2.05) is 35.8 Å². The van der Waals surface area contributed by atoms with Crippen LogP contribution in [0.1, 0.15) is 56.0 Å². The molecular formula is C24H30N6O. The molecule has 1 saturated carbocycles. The van der Waals surface area contributed by atoms with Gasteiger partial charge in [0.15, 0.2) is 11.6 Å². The van der Waals surface area contributed by atoms with Crippen LogP contribution >= 0.6 is 0 Å². The van der Waals surface area contributed by atoms with Crippen molar-refractivity contribution in [3.63, 3.8) is 0 Å². The van der Waals surface area contributed by atoms with Gasteiger partial charge in [-0.15, -0.1) is 10.2 Å². The van der Waals surface area contributed by atoms with Crippen LogP contribution in [-0.2, 0) is 6.42 Å². The first-order chi connectivity index (χ1) is 15.3. The minimum absolute atomic E-state index is 0.0282. The first kappa shape index (κ1) is 19.8. The van der Waals surface area contributed by atoms with Crippen molar-refractivity contribution >= 4 is 11.6 Å². The van der Waals surface area contributed by atoms with E-state index in [2.05, 4.69) is 50.1 Å². The molecule has 1 spiro atoms. The van der Waals surface area contributed by atoms with Crippen molar-refractivity contribution in [2.24, 2.45) is 4.99 Å². The fourth-order valence-electron chi connectivity index (χ4n) is 4.95. The minimum atomic E-state index is -0.0282. The zero-order valence-corrected chi connectivity index (χ0v) is 18.1. The van der Waals surface area contributed by atoms with Gasteiger partial charge < -0.3 is 15.4 Å². The van der Waals surface area contributed by atoms with Gasteiger partial charge in [-0.2, -0.15) is 0 Å². The Morgan fingerprint density at radius 3 is 2.87 bits per heavy atom. The summed E-state index contributed by atoms with van der Waals surface area (Å²) in [7, 11) is 1.83. The highest BCUT2D eigenvalue weighted by Crippen LogP contribution is 2.46. The Balaban J connectivity index is 1.20. The fourth-order valence-corrected chi connectivity index (χ4v) is 4.95. The molecule has 0 saturated heterocycles. The molecule has 0 radical (unpaired) electrons.